The van der Waals surface area contributed by atoms with Crippen molar-refractivity contribution in [1.82, 2.24) is 10.2 Å². The Bertz CT molecular complexity index is 1090. The molecule has 0 saturated carbocycles. The topological polar surface area (TPSA) is 99.9 Å². The van der Waals surface area contributed by atoms with Gasteiger partial charge in [-0.3, -0.25) is 9.59 Å². The summed E-state index contributed by atoms with van der Waals surface area (Å²) in [6.45, 7) is 2.06. The first kappa shape index (κ1) is 18.0. The van der Waals surface area contributed by atoms with Gasteiger partial charge in [-0.1, -0.05) is 25.1 Å². The summed E-state index contributed by atoms with van der Waals surface area (Å²) in [6, 6.07) is 11.9. The van der Waals surface area contributed by atoms with Gasteiger partial charge in [0, 0.05) is 22.9 Å². The molecule has 0 aliphatic carbocycles. The maximum Gasteiger partial charge on any atom is 0.326 e. The third-order valence-electron chi connectivity index (χ3n) is 5.15. The molecular weight excluding hydrogens is 360 g/mol. The number of nitrogens with zero attached hydrogens (tertiary/aromatic N) is 1. The van der Waals surface area contributed by atoms with Gasteiger partial charge in [-0.2, -0.15) is 0 Å². The third-order valence-corrected chi connectivity index (χ3v) is 5.15. The van der Waals surface area contributed by atoms with E-state index in [0.29, 0.717) is 24.1 Å². The Balaban J connectivity index is 1.48. The van der Waals surface area contributed by atoms with Gasteiger partial charge < -0.3 is 19.7 Å². The van der Waals surface area contributed by atoms with Crippen LogP contribution in [0.5, 0.6) is 0 Å². The Labute approximate surface area is 160 Å². The summed E-state index contributed by atoms with van der Waals surface area (Å²) in [5, 5.41) is 13.6. The van der Waals surface area contributed by atoms with Gasteiger partial charge >= 0.3 is 5.97 Å². The van der Waals surface area contributed by atoms with Gasteiger partial charge in [-0.05, 0) is 36.6 Å². The molecule has 2 heterocycles. The zero-order valence-electron chi connectivity index (χ0n) is 15.3. The first-order chi connectivity index (χ1) is 13.4. The minimum Gasteiger partial charge on any atom is -0.480 e. The van der Waals surface area contributed by atoms with Crippen molar-refractivity contribution in [3.05, 3.63) is 48.0 Å². The van der Waals surface area contributed by atoms with Gasteiger partial charge in [0.05, 0.1) is 6.54 Å². The number of amides is 2. The normalized spacial score (nSPS) is 19.2. The first-order valence-electron chi connectivity index (χ1n) is 9.16. The maximum absolute atomic E-state index is 12.5. The number of carbonyl (C=O) groups excluding carboxylic acids is 2. The van der Waals surface area contributed by atoms with Gasteiger partial charge in [-0.25, -0.2) is 4.79 Å². The largest absolute Gasteiger partial charge is 0.480 e. The van der Waals surface area contributed by atoms with E-state index in [0.717, 1.165) is 16.4 Å². The molecule has 0 spiro atoms. The van der Waals surface area contributed by atoms with Gasteiger partial charge in [0.15, 0.2) is 0 Å². The molecule has 2 amide bonds. The number of rotatable bonds is 4. The molecule has 3 aromatic rings. The average molecular weight is 380 g/mol. The zero-order chi connectivity index (χ0) is 19.8. The Morgan fingerprint density at radius 2 is 1.89 bits per heavy atom. The van der Waals surface area contributed by atoms with Crippen LogP contribution in [0.2, 0.25) is 0 Å². The molecule has 2 atom stereocenters. The Hall–Kier alpha value is -3.35. The van der Waals surface area contributed by atoms with Gasteiger partial charge in [-0.15, -0.1) is 0 Å². The number of hydrogen-bond donors (Lipinski definition) is 2. The van der Waals surface area contributed by atoms with Crippen molar-refractivity contribution in [2.75, 3.05) is 13.1 Å². The van der Waals surface area contributed by atoms with Gasteiger partial charge in [0.2, 0.25) is 5.91 Å². The molecule has 7 nitrogen and oxygen atoms in total. The molecule has 1 aliphatic heterocycles. The summed E-state index contributed by atoms with van der Waals surface area (Å²) < 4.78 is 5.75. The number of fused-ring (bicyclic) bond motifs is 3. The molecule has 2 N–H and O–H groups in total. The van der Waals surface area contributed by atoms with Crippen LogP contribution in [0.4, 0.5) is 0 Å². The number of likely N-dealkylation sites (tertiary alicyclic amines) is 1. The fourth-order valence-electron chi connectivity index (χ4n) is 3.78. The highest BCUT2D eigenvalue weighted by Gasteiger charge is 2.37. The van der Waals surface area contributed by atoms with E-state index in [4.69, 9.17) is 4.42 Å². The van der Waals surface area contributed by atoms with Crippen LogP contribution in [0.15, 0.2) is 46.9 Å². The number of nitrogens with one attached hydrogen (secondary N) is 1. The lowest BCUT2D eigenvalue weighted by Crippen LogP contribution is -2.45. The minimum absolute atomic E-state index is 0.123. The molecule has 0 radical (unpaired) electrons. The third kappa shape index (κ3) is 3.19. The summed E-state index contributed by atoms with van der Waals surface area (Å²) in [5.74, 6) is -1.67. The number of para-hydroxylation sites is 1. The molecule has 1 fully saturated rings. The molecule has 0 bridgehead atoms. The van der Waals surface area contributed by atoms with E-state index < -0.39 is 12.0 Å². The lowest BCUT2D eigenvalue weighted by Gasteiger charge is -2.21. The maximum atomic E-state index is 12.5. The monoisotopic (exact) mass is 380 g/mol. The molecule has 7 heteroatoms. The molecule has 0 unspecified atom stereocenters. The van der Waals surface area contributed by atoms with Crippen LogP contribution in [-0.2, 0) is 9.59 Å². The lowest BCUT2D eigenvalue weighted by molar-refractivity contribution is -0.147. The van der Waals surface area contributed by atoms with E-state index in [9.17, 15) is 19.5 Å². The van der Waals surface area contributed by atoms with Crippen LogP contribution >= 0.6 is 0 Å². The second kappa shape index (κ2) is 6.99. The van der Waals surface area contributed by atoms with Crippen molar-refractivity contribution in [2.24, 2.45) is 5.92 Å². The lowest BCUT2D eigenvalue weighted by atomic mass is 10.1. The van der Waals surface area contributed by atoms with E-state index >= 15 is 0 Å². The predicted octanol–water partition coefficient (Wildman–Crippen LogP) is 2.64. The molecular formula is C21H20N2O5. The number of aliphatic carboxylic acids is 1. The summed E-state index contributed by atoms with van der Waals surface area (Å²) in [5.41, 5.74) is 1.84. The van der Waals surface area contributed by atoms with Gasteiger partial charge in [0.25, 0.3) is 5.91 Å². The second-order valence-electron chi connectivity index (χ2n) is 7.23. The molecule has 2 aromatic carbocycles. The van der Waals surface area contributed by atoms with Crippen molar-refractivity contribution in [3.63, 3.8) is 0 Å². The molecule has 1 aromatic heterocycles. The number of carboxylic acids is 1. The highest BCUT2D eigenvalue weighted by atomic mass is 16.4. The zero-order valence-corrected chi connectivity index (χ0v) is 15.3. The minimum atomic E-state index is -1.01. The van der Waals surface area contributed by atoms with Crippen molar-refractivity contribution in [2.45, 2.75) is 19.4 Å². The summed E-state index contributed by atoms with van der Waals surface area (Å²) in [7, 11) is 0. The Kier molecular flexibility index (Phi) is 4.50. The molecule has 144 valence electrons. The highest BCUT2D eigenvalue weighted by molar-refractivity contribution is 6.08. The molecule has 1 saturated heterocycles. The highest BCUT2D eigenvalue weighted by Crippen LogP contribution is 2.29. The SMILES string of the molecule is C[C@H]1C[C@@H](C(=O)O)N(C(=O)CNC(=O)c2ccc3oc4ccccc4c3c2)C1. The predicted molar refractivity (Wildman–Crippen MR) is 103 cm³/mol. The van der Waals surface area contributed by atoms with Crippen molar-refractivity contribution in [3.8, 4) is 0 Å². The summed E-state index contributed by atoms with van der Waals surface area (Å²) in [4.78, 5) is 37.6. The molecule has 1 aliphatic rings. The van der Waals surface area contributed by atoms with E-state index in [1.54, 1.807) is 18.2 Å². The number of furan rings is 1. The van der Waals surface area contributed by atoms with Crippen LogP contribution in [0.3, 0.4) is 0 Å². The van der Waals surface area contributed by atoms with Crippen molar-refractivity contribution < 1.29 is 23.9 Å². The van der Waals surface area contributed by atoms with E-state index in [1.165, 1.54) is 4.90 Å². The quantitative estimate of drug-likeness (QED) is 0.725. The number of carboxylic acid groups (broad SMARTS) is 1. The van der Waals surface area contributed by atoms with Crippen molar-refractivity contribution >= 4 is 39.7 Å². The second-order valence-corrected chi connectivity index (χ2v) is 7.23. The summed E-state index contributed by atoms with van der Waals surface area (Å²) in [6.07, 6.45) is 0.430. The standard InChI is InChI=1S/C21H20N2O5/c1-12-8-16(21(26)27)23(11-12)19(24)10-22-20(25)13-6-7-18-15(9-13)14-4-2-3-5-17(14)28-18/h2-7,9,12,16H,8,10-11H2,1H3,(H,22,25)(H,26,27)/t12-,16-/m0/s1. The van der Waals surface area contributed by atoms with Crippen LogP contribution < -0.4 is 5.32 Å². The Morgan fingerprint density at radius 1 is 1.14 bits per heavy atom. The summed E-state index contributed by atoms with van der Waals surface area (Å²) >= 11 is 0. The van der Waals surface area contributed by atoms with Crippen LogP contribution in [0, 0.1) is 5.92 Å². The smallest absolute Gasteiger partial charge is 0.326 e. The Morgan fingerprint density at radius 3 is 2.68 bits per heavy atom. The number of carbonyl (C=O) groups is 3. The van der Waals surface area contributed by atoms with Crippen LogP contribution in [0.25, 0.3) is 21.9 Å². The number of benzene rings is 2. The van der Waals surface area contributed by atoms with E-state index in [2.05, 4.69) is 5.32 Å². The van der Waals surface area contributed by atoms with E-state index in [-0.39, 0.29) is 24.3 Å². The average Bonchev–Trinajstić information content (AvgIpc) is 3.26. The molecule has 4 rings (SSSR count). The fraction of sp³-hybridized carbons (Fsp3) is 0.286. The molecule has 28 heavy (non-hydrogen) atoms. The van der Waals surface area contributed by atoms with Crippen molar-refractivity contribution in [1.29, 1.82) is 0 Å². The fourth-order valence-corrected chi connectivity index (χ4v) is 3.78. The van der Waals surface area contributed by atoms with Crippen LogP contribution in [0.1, 0.15) is 23.7 Å². The number of hydrogen-bond acceptors (Lipinski definition) is 4. The van der Waals surface area contributed by atoms with E-state index in [1.807, 2.05) is 31.2 Å². The van der Waals surface area contributed by atoms with Gasteiger partial charge in [0.1, 0.15) is 17.2 Å². The first-order valence-corrected chi connectivity index (χ1v) is 9.16. The van der Waals surface area contributed by atoms with Crippen LogP contribution in [-0.4, -0.2) is 46.9 Å².